The highest BCUT2D eigenvalue weighted by atomic mass is 16.5. The van der Waals surface area contributed by atoms with Crippen molar-refractivity contribution >= 4 is 11.8 Å². The summed E-state index contributed by atoms with van der Waals surface area (Å²) < 4.78 is 16.4. The second kappa shape index (κ2) is 14.6. The number of amides is 2. The summed E-state index contributed by atoms with van der Waals surface area (Å²) in [5, 5.41) is 6.58. The van der Waals surface area contributed by atoms with E-state index in [-0.39, 0.29) is 29.8 Å². The largest absolute Gasteiger partial charge is 0.493 e. The predicted octanol–water partition coefficient (Wildman–Crippen LogP) is 3.30. The van der Waals surface area contributed by atoms with Gasteiger partial charge in [0.1, 0.15) is 0 Å². The summed E-state index contributed by atoms with van der Waals surface area (Å²) in [5.74, 6) is 1.22. The lowest BCUT2D eigenvalue weighted by molar-refractivity contribution is -0.121. The summed E-state index contributed by atoms with van der Waals surface area (Å²) in [7, 11) is 3.24. The number of methoxy groups -OCH3 is 2. The Morgan fingerprint density at radius 3 is 2.54 bits per heavy atom. The molecule has 1 aliphatic rings. The fourth-order valence-corrected chi connectivity index (χ4v) is 4.53. The van der Waals surface area contributed by atoms with E-state index < -0.39 is 0 Å². The highest BCUT2D eigenvalue weighted by molar-refractivity contribution is 5.95. The van der Waals surface area contributed by atoms with Crippen molar-refractivity contribution in [2.75, 3.05) is 47.1 Å². The van der Waals surface area contributed by atoms with Gasteiger partial charge in [-0.2, -0.15) is 0 Å². The Bertz CT molecular complexity index is 998. The summed E-state index contributed by atoms with van der Waals surface area (Å²) in [6.45, 7) is 7.08. The van der Waals surface area contributed by atoms with Crippen LogP contribution < -0.4 is 20.1 Å². The summed E-state index contributed by atoms with van der Waals surface area (Å²) in [5.41, 5.74) is 1.70. The average Bonchev–Trinajstić information content (AvgIpc) is 3.34. The van der Waals surface area contributed by atoms with Gasteiger partial charge in [0.15, 0.2) is 11.5 Å². The number of nitrogens with zero attached hydrogens (tertiary/aromatic N) is 1. The monoisotopic (exact) mass is 511 g/mol. The van der Waals surface area contributed by atoms with E-state index in [4.69, 9.17) is 14.2 Å². The van der Waals surface area contributed by atoms with Gasteiger partial charge in [-0.1, -0.05) is 30.3 Å². The normalized spacial score (nSPS) is 17.0. The molecule has 2 amide bonds. The van der Waals surface area contributed by atoms with Crippen LogP contribution in [0.25, 0.3) is 0 Å². The minimum atomic E-state index is -0.0690. The molecule has 2 atom stereocenters. The molecule has 8 heteroatoms. The molecule has 0 aromatic heterocycles. The number of rotatable bonds is 14. The van der Waals surface area contributed by atoms with Crippen molar-refractivity contribution < 1.29 is 23.8 Å². The van der Waals surface area contributed by atoms with Crippen LogP contribution in [-0.2, 0) is 16.0 Å². The molecule has 2 aromatic rings. The second-order valence-corrected chi connectivity index (χ2v) is 9.69. The third-order valence-electron chi connectivity index (χ3n) is 6.65. The molecule has 0 bridgehead atoms. The molecule has 0 saturated carbocycles. The Morgan fingerprint density at radius 1 is 1.05 bits per heavy atom. The van der Waals surface area contributed by atoms with Crippen molar-refractivity contribution in [3.8, 4) is 11.5 Å². The zero-order valence-electron chi connectivity index (χ0n) is 22.5. The van der Waals surface area contributed by atoms with Gasteiger partial charge in [-0.3, -0.25) is 9.59 Å². The fourth-order valence-electron chi connectivity index (χ4n) is 4.53. The quantitative estimate of drug-likeness (QED) is 0.379. The standard InChI is InChI=1S/C29H41N3O5/c1-21(2)32(29(34)23-12-13-26(36-4)27(17-23)37-16-8-15-35-3)20-24-18-30-19-25(24)31-28(33)14-11-22-9-6-5-7-10-22/h5-7,9-10,12-13,17,21,24-25,30H,8,11,14-16,18-20H2,1-4H3,(H,31,33)/t24-,25-/m0/s1. The van der Waals surface area contributed by atoms with Crippen molar-refractivity contribution in [3.05, 3.63) is 59.7 Å². The van der Waals surface area contributed by atoms with Crippen molar-refractivity contribution in [1.29, 1.82) is 0 Å². The van der Waals surface area contributed by atoms with E-state index in [9.17, 15) is 9.59 Å². The summed E-state index contributed by atoms with van der Waals surface area (Å²) in [6.07, 6.45) is 1.89. The van der Waals surface area contributed by atoms with Crippen LogP contribution in [0.2, 0.25) is 0 Å². The van der Waals surface area contributed by atoms with E-state index in [0.717, 1.165) is 18.5 Å². The summed E-state index contributed by atoms with van der Waals surface area (Å²) in [4.78, 5) is 28.1. The Balaban J connectivity index is 1.63. The lowest BCUT2D eigenvalue weighted by Gasteiger charge is -2.32. The number of carbonyl (C=O) groups excluding carboxylic acids is 2. The summed E-state index contributed by atoms with van der Waals surface area (Å²) in [6, 6.07) is 15.3. The van der Waals surface area contributed by atoms with Gasteiger partial charge in [0, 0.05) is 69.8 Å². The Kier molecular flexibility index (Phi) is 11.2. The summed E-state index contributed by atoms with van der Waals surface area (Å²) >= 11 is 0. The van der Waals surface area contributed by atoms with Gasteiger partial charge in [-0.25, -0.2) is 0 Å². The smallest absolute Gasteiger partial charge is 0.254 e. The van der Waals surface area contributed by atoms with Crippen molar-refractivity contribution in [3.63, 3.8) is 0 Å². The van der Waals surface area contributed by atoms with E-state index in [0.29, 0.717) is 56.2 Å². The molecule has 0 aliphatic carbocycles. The second-order valence-electron chi connectivity index (χ2n) is 9.69. The molecule has 2 N–H and O–H groups in total. The number of hydrogen-bond acceptors (Lipinski definition) is 6. The SMILES string of the molecule is COCCCOc1cc(C(=O)N(C[C@@H]2CNC[C@@H]2NC(=O)CCc2ccccc2)C(C)C)ccc1OC. The van der Waals surface area contributed by atoms with Gasteiger partial charge in [0.2, 0.25) is 5.91 Å². The van der Waals surface area contributed by atoms with Crippen LogP contribution in [0, 0.1) is 5.92 Å². The van der Waals surface area contributed by atoms with Crippen LogP contribution >= 0.6 is 0 Å². The molecule has 202 valence electrons. The molecule has 37 heavy (non-hydrogen) atoms. The number of ether oxygens (including phenoxy) is 3. The number of aryl methyl sites for hydroxylation is 1. The molecule has 1 saturated heterocycles. The van der Waals surface area contributed by atoms with Crippen LogP contribution in [0.4, 0.5) is 0 Å². The first-order chi connectivity index (χ1) is 17.9. The molecule has 1 heterocycles. The van der Waals surface area contributed by atoms with Gasteiger partial charge in [-0.05, 0) is 44.0 Å². The lowest BCUT2D eigenvalue weighted by atomic mass is 10.0. The third-order valence-corrected chi connectivity index (χ3v) is 6.65. The molecule has 3 rings (SSSR count). The van der Waals surface area contributed by atoms with Crippen LogP contribution in [0.15, 0.2) is 48.5 Å². The maximum Gasteiger partial charge on any atom is 0.254 e. The highest BCUT2D eigenvalue weighted by Crippen LogP contribution is 2.29. The minimum absolute atomic E-state index is 0.00398. The fraction of sp³-hybridized carbons (Fsp3) is 0.517. The van der Waals surface area contributed by atoms with Gasteiger partial charge < -0.3 is 29.7 Å². The molecule has 1 fully saturated rings. The van der Waals surface area contributed by atoms with Crippen LogP contribution in [-0.4, -0.2) is 75.9 Å². The highest BCUT2D eigenvalue weighted by Gasteiger charge is 2.32. The molecule has 0 unspecified atom stereocenters. The van der Waals surface area contributed by atoms with Crippen LogP contribution in [0.3, 0.4) is 0 Å². The molecule has 1 aliphatic heterocycles. The van der Waals surface area contributed by atoms with Crippen LogP contribution in [0.1, 0.15) is 42.6 Å². The maximum absolute atomic E-state index is 13.6. The molecular weight excluding hydrogens is 470 g/mol. The van der Waals surface area contributed by atoms with Gasteiger partial charge >= 0.3 is 0 Å². The predicted molar refractivity (Wildman–Crippen MR) is 144 cm³/mol. The molecule has 0 radical (unpaired) electrons. The van der Waals surface area contributed by atoms with E-state index in [2.05, 4.69) is 10.6 Å². The van der Waals surface area contributed by atoms with Gasteiger partial charge in [0.25, 0.3) is 5.91 Å². The topological polar surface area (TPSA) is 89.1 Å². The lowest BCUT2D eigenvalue weighted by Crippen LogP contribution is -2.47. The average molecular weight is 512 g/mol. The number of carbonyl (C=O) groups is 2. The number of benzene rings is 2. The minimum Gasteiger partial charge on any atom is -0.493 e. The zero-order valence-corrected chi connectivity index (χ0v) is 22.5. The number of nitrogens with one attached hydrogen (secondary N) is 2. The third kappa shape index (κ3) is 8.47. The van der Waals surface area contributed by atoms with E-state index in [1.807, 2.05) is 49.1 Å². The first-order valence-corrected chi connectivity index (χ1v) is 13.1. The van der Waals surface area contributed by atoms with E-state index in [1.54, 1.807) is 32.4 Å². The maximum atomic E-state index is 13.6. The first kappa shape index (κ1) is 28.5. The molecule has 8 nitrogen and oxygen atoms in total. The number of hydrogen-bond donors (Lipinski definition) is 2. The van der Waals surface area contributed by atoms with E-state index >= 15 is 0 Å². The molecule has 0 spiro atoms. The first-order valence-electron chi connectivity index (χ1n) is 13.1. The molecular formula is C29H41N3O5. The Hall–Kier alpha value is -3.10. The Labute approximate surface area is 220 Å². The van der Waals surface area contributed by atoms with Gasteiger partial charge in [0.05, 0.1) is 13.7 Å². The van der Waals surface area contributed by atoms with E-state index in [1.165, 1.54) is 0 Å². The van der Waals surface area contributed by atoms with Gasteiger partial charge in [-0.15, -0.1) is 0 Å². The van der Waals surface area contributed by atoms with Crippen LogP contribution in [0.5, 0.6) is 11.5 Å². The van der Waals surface area contributed by atoms with Crippen molar-refractivity contribution in [2.24, 2.45) is 5.92 Å². The molecule has 2 aromatic carbocycles. The zero-order chi connectivity index (χ0) is 26.6. The van der Waals surface area contributed by atoms with Crippen molar-refractivity contribution in [2.45, 2.75) is 45.2 Å². The van der Waals surface area contributed by atoms with Crippen molar-refractivity contribution in [1.82, 2.24) is 15.5 Å². The Morgan fingerprint density at radius 2 is 1.84 bits per heavy atom.